The van der Waals surface area contributed by atoms with Crippen LogP contribution >= 0.6 is 11.3 Å². The summed E-state index contributed by atoms with van der Waals surface area (Å²) in [5.74, 6) is -6.18. The Bertz CT molecular complexity index is 714. The van der Waals surface area contributed by atoms with E-state index in [1.165, 1.54) is 29.3 Å². The minimum absolute atomic E-state index is 0.0643. The first-order valence-corrected chi connectivity index (χ1v) is 7.18. The molecule has 0 fully saturated rings. The van der Waals surface area contributed by atoms with Crippen molar-refractivity contribution in [2.75, 3.05) is 14.2 Å². The number of aromatic nitrogens is 1. The van der Waals surface area contributed by atoms with Crippen LogP contribution in [0.2, 0.25) is 0 Å². The summed E-state index contributed by atoms with van der Waals surface area (Å²) in [6.45, 7) is 0. The molecule has 5 nitrogen and oxygen atoms in total. The highest BCUT2D eigenvalue weighted by Gasteiger charge is 2.32. The molecular weight excluding hydrogens is 333 g/mol. The molecule has 122 valence electrons. The van der Waals surface area contributed by atoms with Crippen LogP contribution in [0.5, 0.6) is 0 Å². The van der Waals surface area contributed by atoms with Gasteiger partial charge in [-0.25, -0.2) is 22.9 Å². The van der Waals surface area contributed by atoms with Crippen molar-refractivity contribution in [1.82, 2.24) is 9.88 Å². The molecule has 0 N–H and O–H groups in total. The summed E-state index contributed by atoms with van der Waals surface area (Å²) in [4.78, 5) is 29.0. The number of hydrogen-bond donors (Lipinski definition) is 0. The Hall–Kier alpha value is -2.42. The van der Waals surface area contributed by atoms with Gasteiger partial charge >= 0.3 is 5.97 Å². The quantitative estimate of drug-likeness (QED) is 0.632. The molecule has 0 saturated heterocycles. The number of hydrogen-bond acceptors (Lipinski definition) is 5. The third-order valence-electron chi connectivity index (χ3n) is 3.11. The van der Waals surface area contributed by atoms with Crippen LogP contribution in [0, 0.1) is 17.5 Å². The van der Waals surface area contributed by atoms with Crippen LogP contribution in [-0.4, -0.2) is 35.9 Å². The topological polar surface area (TPSA) is 59.5 Å². The molecule has 1 atom stereocenters. The first-order chi connectivity index (χ1) is 10.9. The van der Waals surface area contributed by atoms with Gasteiger partial charge < -0.3 is 9.64 Å². The highest BCUT2D eigenvalue weighted by Crippen LogP contribution is 2.26. The van der Waals surface area contributed by atoms with Gasteiger partial charge in [-0.1, -0.05) is 0 Å². The number of nitrogens with zero attached hydrogens (tertiary/aromatic N) is 2. The van der Waals surface area contributed by atoms with E-state index < -0.39 is 35.4 Å². The maximum absolute atomic E-state index is 13.4. The fourth-order valence-electron chi connectivity index (χ4n) is 1.98. The molecule has 0 aliphatic heterocycles. The molecule has 0 aliphatic carbocycles. The van der Waals surface area contributed by atoms with E-state index in [2.05, 4.69) is 9.72 Å². The fourth-order valence-corrected chi connectivity index (χ4v) is 2.50. The van der Waals surface area contributed by atoms with Gasteiger partial charge in [0.15, 0.2) is 23.5 Å². The van der Waals surface area contributed by atoms with Gasteiger partial charge in [0.05, 0.1) is 12.6 Å². The van der Waals surface area contributed by atoms with E-state index in [-0.39, 0.29) is 11.3 Å². The Morgan fingerprint density at radius 1 is 1.26 bits per heavy atom. The van der Waals surface area contributed by atoms with E-state index in [1.54, 1.807) is 0 Å². The SMILES string of the molecule is COC(=O)[C@@H](c1cc(F)c(F)c(F)c1)N(C)C(=O)c1cscn1. The van der Waals surface area contributed by atoms with Crippen LogP contribution in [0.4, 0.5) is 13.2 Å². The number of amides is 1. The molecule has 0 unspecified atom stereocenters. The van der Waals surface area contributed by atoms with E-state index in [0.717, 1.165) is 12.0 Å². The first kappa shape index (κ1) is 16.9. The summed E-state index contributed by atoms with van der Waals surface area (Å²) < 4.78 is 44.5. The van der Waals surface area contributed by atoms with Crippen molar-refractivity contribution in [3.63, 3.8) is 0 Å². The standard InChI is InChI=1S/C14H11F3N2O3S/c1-19(13(20)10-5-23-6-18-10)12(14(21)22-2)7-3-8(15)11(17)9(16)4-7/h3-6,12H,1-2H3/t12-/m1/s1. The number of rotatable bonds is 4. The minimum Gasteiger partial charge on any atom is -0.467 e. The lowest BCUT2D eigenvalue weighted by Crippen LogP contribution is -2.37. The normalized spacial score (nSPS) is 11.9. The molecule has 2 aromatic rings. The predicted octanol–water partition coefficient (Wildman–Crippen LogP) is 2.55. The lowest BCUT2D eigenvalue weighted by molar-refractivity contribution is -0.145. The molecule has 1 aromatic carbocycles. The summed E-state index contributed by atoms with van der Waals surface area (Å²) in [5.41, 5.74) is 1.24. The van der Waals surface area contributed by atoms with Crippen LogP contribution in [-0.2, 0) is 9.53 Å². The number of likely N-dealkylation sites (N-methyl/N-ethyl adjacent to an activating group) is 1. The highest BCUT2D eigenvalue weighted by atomic mass is 32.1. The van der Waals surface area contributed by atoms with E-state index in [4.69, 9.17) is 0 Å². The van der Waals surface area contributed by atoms with Crippen LogP contribution in [0.1, 0.15) is 22.1 Å². The van der Waals surface area contributed by atoms with Crippen LogP contribution < -0.4 is 0 Å². The van der Waals surface area contributed by atoms with Gasteiger partial charge in [0.2, 0.25) is 0 Å². The maximum atomic E-state index is 13.4. The third kappa shape index (κ3) is 3.34. The average Bonchev–Trinajstić information content (AvgIpc) is 3.05. The molecule has 0 radical (unpaired) electrons. The molecular formula is C14H11F3N2O3S. The lowest BCUT2D eigenvalue weighted by atomic mass is 10.0. The molecule has 9 heteroatoms. The van der Waals surface area contributed by atoms with Crippen molar-refractivity contribution in [2.45, 2.75) is 6.04 Å². The average molecular weight is 344 g/mol. The number of halogens is 3. The second-order valence-corrected chi connectivity index (χ2v) is 5.23. The maximum Gasteiger partial charge on any atom is 0.333 e. The molecule has 1 amide bonds. The zero-order valence-corrected chi connectivity index (χ0v) is 12.9. The molecule has 1 heterocycles. The van der Waals surface area contributed by atoms with Gasteiger partial charge in [0.25, 0.3) is 5.91 Å². The van der Waals surface area contributed by atoms with Crippen LogP contribution in [0.3, 0.4) is 0 Å². The second kappa shape index (κ2) is 6.78. The number of methoxy groups -OCH3 is 1. The molecule has 1 aromatic heterocycles. The first-order valence-electron chi connectivity index (χ1n) is 6.24. The molecule has 2 rings (SSSR count). The summed E-state index contributed by atoms with van der Waals surface area (Å²) in [6.07, 6.45) is 0. The Balaban J connectivity index is 2.45. The smallest absolute Gasteiger partial charge is 0.333 e. The van der Waals surface area contributed by atoms with Crippen molar-refractivity contribution in [2.24, 2.45) is 0 Å². The zero-order chi connectivity index (χ0) is 17.1. The van der Waals surface area contributed by atoms with Crippen molar-refractivity contribution in [3.05, 3.63) is 51.7 Å². The van der Waals surface area contributed by atoms with Crippen molar-refractivity contribution < 1.29 is 27.5 Å². The summed E-state index contributed by atoms with van der Waals surface area (Å²) >= 11 is 1.17. The predicted molar refractivity (Wildman–Crippen MR) is 75.3 cm³/mol. The van der Waals surface area contributed by atoms with Crippen LogP contribution in [0.15, 0.2) is 23.0 Å². The van der Waals surface area contributed by atoms with Gasteiger partial charge in [0.1, 0.15) is 5.69 Å². The summed E-state index contributed by atoms with van der Waals surface area (Å²) in [5, 5.41) is 1.46. The zero-order valence-electron chi connectivity index (χ0n) is 12.0. The summed E-state index contributed by atoms with van der Waals surface area (Å²) in [6, 6.07) is -0.158. The Morgan fingerprint density at radius 2 is 1.87 bits per heavy atom. The highest BCUT2D eigenvalue weighted by molar-refractivity contribution is 7.07. The van der Waals surface area contributed by atoms with Gasteiger partial charge in [-0.2, -0.15) is 0 Å². The van der Waals surface area contributed by atoms with Gasteiger partial charge in [0, 0.05) is 12.4 Å². The number of carbonyl (C=O) groups excluding carboxylic acids is 2. The number of carbonyl (C=O) groups is 2. The van der Waals surface area contributed by atoms with Gasteiger partial charge in [-0.3, -0.25) is 4.79 Å². The largest absolute Gasteiger partial charge is 0.467 e. The molecule has 23 heavy (non-hydrogen) atoms. The second-order valence-electron chi connectivity index (χ2n) is 4.51. The monoisotopic (exact) mass is 344 g/mol. The van der Waals surface area contributed by atoms with E-state index in [1.807, 2.05) is 0 Å². The van der Waals surface area contributed by atoms with Gasteiger partial charge in [-0.05, 0) is 17.7 Å². The fraction of sp³-hybridized carbons (Fsp3) is 0.214. The molecule has 0 spiro atoms. The lowest BCUT2D eigenvalue weighted by Gasteiger charge is -2.26. The van der Waals surface area contributed by atoms with E-state index >= 15 is 0 Å². The number of ether oxygens (including phenoxy) is 1. The van der Waals surface area contributed by atoms with E-state index in [0.29, 0.717) is 12.1 Å². The molecule has 0 saturated carbocycles. The number of thiazole rings is 1. The van der Waals surface area contributed by atoms with Crippen molar-refractivity contribution in [3.8, 4) is 0 Å². The Kier molecular flexibility index (Phi) is 4.99. The third-order valence-corrected chi connectivity index (χ3v) is 3.69. The van der Waals surface area contributed by atoms with Crippen molar-refractivity contribution in [1.29, 1.82) is 0 Å². The number of benzene rings is 1. The Labute approximate surface area is 133 Å². The number of esters is 1. The molecule has 0 bridgehead atoms. The minimum atomic E-state index is -1.66. The van der Waals surface area contributed by atoms with E-state index in [9.17, 15) is 22.8 Å². The van der Waals surface area contributed by atoms with Crippen molar-refractivity contribution >= 4 is 23.2 Å². The molecule has 0 aliphatic rings. The summed E-state index contributed by atoms with van der Waals surface area (Å²) in [7, 11) is 2.31. The van der Waals surface area contributed by atoms with Gasteiger partial charge in [-0.15, -0.1) is 11.3 Å². The Morgan fingerprint density at radius 3 is 2.35 bits per heavy atom. The van der Waals surface area contributed by atoms with Crippen LogP contribution in [0.25, 0.3) is 0 Å².